The molecule has 0 unspecified atom stereocenters. The van der Waals surface area contributed by atoms with Crippen molar-refractivity contribution in [2.24, 2.45) is 5.92 Å². The largest absolute Gasteiger partial charge is 0.340 e. The van der Waals surface area contributed by atoms with Gasteiger partial charge in [-0.05, 0) is 61.6 Å². The van der Waals surface area contributed by atoms with Crippen LogP contribution >= 0.6 is 11.6 Å². The third-order valence-corrected chi connectivity index (χ3v) is 6.78. The summed E-state index contributed by atoms with van der Waals surface area (Å²) in [6.07, 6.45) is 3.95. The Hall–Kier alpha value is -3.32. The first kappa shape index (κ1) is 21.5. The Kier molecular flexibility index (Phi) is 5.37. The van der Waals surface area contributed by atoms with E-state index in [-0.39, 0.29) is 23.4 Å². The van der Waals surface area contributed by atoms with Gasteiger partial charge in [-0.15, -0.1) is 0 Å². The number of fused-ring (bicyclic) bond motifs is 1. The van der Waals surface area contributed by atoms with Crippen molar-refractivity contribution < 1.29 is 9.18 Å². The molecule has 8 heteroatoms. The SMILES string of the molecule is Cc1cc2[nH]c([C@@H]3[C@@H](C)CCN3C(=O)c3c(-c4ncccn4)ccc(C)c3F)nc2cc1Cl. The van der Waals surface area contributed by atoms with Crippen LogP contribution in [0, 0.1) is 25.6 Å². The highest BCUT2D eigenvalue weighted by Gasteiger charge is 2.39. The van der Waals surface area contributed by atoms with Crippen LogP contribution in [0.15, 0.2) is 42.7 Å². The van der Waals surface area contributed by atoms with Crippen LogP contribution in [-0.2, 0) is 0 Å². The lowest BCUT2D eigenvalue weighted by molar-refractivity contribution is 0.0710. The average molecular weight is 464 g/mol. The molecule has 0 aliphatic carbocycles. The highest BCUT2D eigenvalue weighted by molar-refractivity contribution is 6.32. The zero-order chi connectivity index (χ0) is 23.3. The first-order chi connectivity index (χ1) is 15.8. The number of hydrogen-bond donors (Lipinski definition) is 1. The molecule has 33 heavy (non-hydrogen) atoms. The van der Waals surface area contributed by atoms with Gasteiger partial charge in [0.15, 0.2) is 5.82 Å². The number of carbonyl (C=O) groups is 1. The van der Waals surface area contributed by atoms with Crippen LogP contribution in [0.4, 0.5) is 4.39 Å². The van der Waals surface area contributed by atoms with E-state index in [4.69, 9.17) is 16.6 Å². The molecule has 0 radical (unpaired) electrons. The molecule has 1 N–H and O–H groups in total. The average Bonchev–Trinajstić information content (AvgIpc) is 3.38. The number of amides is 1. The predicted molar refractivity (Wildman–Crippen MR) is 126 cm³/mol. The molecular weight excluding hydrogens is 441 g/mol. The minimum Gasteiger partial charge on any atom is -0.340 e. The second-order valence-corrected chi connectivity index (χ2v) is 9.05. The predicted octanol–water partition coefficient (Wildman–Crippen LogP) is 5.65. The van der Waals surface area contributed by atoms with Gasteiger partial charge >= 0.3 is 0 Å². The van der Waals surface area contributed by atoms with E-state index in [1.54, 1.807) is 42.4 Å². The third-order valence-electron chi connectivity index (χ3n) is 6.38. The van der Waals surface area contributed by atoms with E-state index in [2.05, 4.69) is 21.9 Å². The molecule has 0 saturated carbocycles. The number of aryl methyl sites for hydroxylation is 2. The van der Waals surface area contributed by atoms with Crippen LogP contribution in [0.2, 0.25) is 5.02 Å². The van der Waals surface area contributed by atoms with E-state index < -0.39 is 5.82 Å². The number of nitrogens with one attached hydrogen (secondary N) is 1. The first-order valence-corrected chi connectivity index (χ1v) is 11.3. The maximum absolute atomic E-state index is 15.4. The van der Waals surface area contributed by atoms with E-state index in [9.17, 15) is 4.79 Å². The summed E-state index contributed by atoms with van der Waals surface area (Å²) in [5, 5.41) is 0.641. The van der Waals surface area contributed by atoms with Gasteiger partial charge < -0.3 is 9.88 Å². The van der Waals surface area contributed by atoms with E-state index in [1.165, 1.54) is 0 Å². The summed E-state index contributed by atoms with van der Waals surface area (Å²) in [6.45, 7) is 6.17. The molecule has 2 atom stereocenters. The number of aromatic nitrogens is 4. The number of imidazole rings is 1. The van der Waals surface area contributed by atoms with Gasteiger partial charge in [-0.2, -0.15) is 0 Å². The minimum atomic E-state index is -0.546. The van der Waals surface area contributed by atoms with E-state index >= 15 is 4.39 Å². The number of carbonyl (C=O) groups excluding carboxylic acids is 1. The van der Waals surface area contributed by atoms with Crippen molar-refractivity contribution in [3.63, 3.8) is 0 Å². The van der Waals surface area contributed by atoms with Crippen molar-refractivity contribution in [2.45, 2.75) is 33.2 Å². The molecule has 5 rings (SSSR count). The second-order valence-electron chi connectivity index (χ2n) is 8.64. The monoisotopic (exact) mass is 463 g/mol. The number of likely N-dealkylation sites (tertiary alicyclic amines) is 1. The van der Waals surface area contributed by atoms with Gasteiger partial charge in [0.1, 0.15) is 11.6 Å². The molecule has 4 aromatic rings. The number of rotatable bonds is 3. The zero-order valence-electron chi connectivity index (χ0n) is 18.6. The Balaban J connectivity index is 1.60. The Morgan fingerprint density at radius 3 is 2.70 bits per heavy atom. The van der Waals surface area contributed by atoms with Crippen LogP contribution < -0.4 is 0 Å². The summed E-state index contributed by atoms with van der Waals surface area (Å²) < 4.78 is 15.4. The summed E-state index contributed by atoms with van der Waals surface area (Å²) in [7, 11) is 0. The molecule has 1 fully saturated rings. The van der Waals surface area contributed by atoms with Crippen LogP contribution in [0.25, 0.3) is 22.4 Å². The minimum absolute atomic E-state index is 0.00435. The number of nitrogens with zero attached hydrogens (tertiary/aromatic N) is 4. The van der Waals surface area contributed by atoms with Crippen molar-refractivity contribution in [1.29, 1.82) is 0 Å². The molecule has 1 aliphatic rings. The fourth-order valence-electron chi connectivity index (χ4n) is 4.55. The van der Waals surface area contributed by atoms with Crippen molar-refractivity contribution in [2.75, 3.05) is 6.54 Å². The Labute approximate surface area is 195 Å². The van der Waals surface area contributed by atoms with Crippen molar-refractivity contribution in [3.8, 4) is 11.4 Å². The molecular formula is C25H23ClFN5O. The molecule has 1 amide bonds. The normalized spacial score (nSPS) is 18.3. The Bertz CT molecular complexity index is 1330. The first-order valence-electron chi connectivity index (χ1n) is 10.9. The van der Waals surface area contributed by atoms with Gasteiger partial charge in [0.25, 0.3) is 5.91 Å². The van der Waals surface area contributed by atoms with Crippen molar-refractivity contribution in [3.05, 3.63) is 76.1 Å². The number of aromatic amines is 1. The van der Waals surface area contributed by atoms with Crippen molar-refractivity contribution >= 4 is 28.5 Å². The van der Waals surface area contributed by atoms with E-state index in [1.807, 2.05) is 19.1 Å². The fraction of sp³-hybridized carbons (Fsp3) is 0.280. The smallest absolute Gasteiger partial charge is 0.258 e. The Morgan fingerprint density at radius 1 is 1.18 bits per heavy atom. The summed E-state index contributed by atoms with van der Waals surface area (Å²) in [5.41, 5.74) is 3.33. The molecule has 168 valence electrons. The number of hydrogen-bond acceptors (Lipinski definition) is 4. The molecule has 1 aliphatic heterocycles. The van der Waals surface area contributed by atoms with E-state index in [0.717, 1.165) is 23.0 Å². The van der Waals surface area contributed by atoms with Gasteiger partial charge in [0.2, 0.25) is 0 Å². The second kappa shape index (κ2) is 8.23. The molecule has 6 nitrogen and oxygen atoms in total. The van der Waals surface area contributed by atoms with Crippen molar-refractivity contribution in [1.82, 2.24) is 24.8 Å². The quantitative estimate of drug-likeness (QED) is 0.426. The van der Waals surface area contributed by atoms with Crippen LogP contribution in [0.3, 0.4) is 0 Å². The summed E-state index contributed by atoms with van der Waals surface area (Å²) in [5.74, 6) is 0.210. The highest BCUT2D eigenvalue weighted by Crippen LogP contribution is 2.39. The standard InChI is InChI=1S/C25H23ClFN5O/c1-13-5-6-16(23-28-8-4-9-29-23)20(21(13)27)25(33)32-10-7-14(2)22(32)24-30-18-11-15(3)17(26)12-19(18)31-24/h4-6,8-9,11-12,14,22H,7,10H2,1-3H3,(H,30,31)/t14-,22-/m0/s1. The lowest BCUT2D eigenvalue weighted by Crippen LogP contribution is -2.33. The summed E-state index contributed by atoms with van der Waals surface area (Å²) >= 11 is 6.28. The summed E-state index contributed by atoms with van der Waals surface area (Å²) in [6, 6.07) is 8.50. The number of benzene rings is 2. The van der Waals surface area contributed by atoms with Crippen LogP contribution in [0.5, 0.6) is 0 Å². The fourth-order valence-corrected chi connectivity index (χ4v) is 4.71. The van der Waals surface area contributed by atoms with Gasteiger partial charge in [-0.25, -0.2) is 19.3 Å². The Morgan fingerprint density at radius 2 is 1.94 bits per heavy atom. The molecule has 2 aromatic heterocycles. The van der Waals surface area contributed by atoms with Gasteiger partial charge in [0.05, 0.1) is 22.6 Å². The van der Waals surface area contributed by atoms with E-state index in [0.29, 0.717) is 34.3 Å². The van der Waals surface area contributed by atoms with Gasteiger partial charge in [0, 0.05) is 29.5 Å². The number of H-pyrrole nitrogens is 1. The maximum atomic E-state index is 15.4. The van der Waals surface area contributed by atoms with Crippen LogP contribution in [0.1, 0.15) is 46.7 Å². The zero-order valence-corrected chi connectivity index (χ0v) is 19.3. The molecule has 3 heterocycles. The number of halogens is 2. The summed E-state index contributed by atoms with van der Waals surface area (Å²) in [4.78, 5) is 32.1. The van der Waals surface area contributed by atoms with Gasteiger partial charge in [-0.1, -0.05) is 24.6 Å². The maximum Gasteiger partial charge on any atom is 0.258 e. The van der Waals surface area contributed by atoms with Crippen LogP contribution in [-0.4, -0.2) is 37.3 Å². The molecule has 0 spiro atoms. The third kappa shape index (κ3) is 3.66. The topological polar surface area (TPSA) is 74.8 Å². The molecule has 1 saturated heterocycles. The molecule has 2 aromatic carbocycles. The highest BCUT2D eigenvalue weighted by atomic mass is 35.5. The molecule has 0 bridgehead atoms. The van der Waals surface area contributed by atoms with Gasteiger partial charge in [-0.3, -0.25) is 4.79 Å². The lowest BCUT2D eigenvalue weighted by Gasteiger charge is -2.26. The lowest BCUT2D eigenvalue weighted by atomic mass is 9.99.